The van der Waals surface area contributed by atoms with Crippen LogP contribution in [0.1, 0.15) is 52.3 Å². The van der Waals surface area contributed by atoms with Crippen molar-refractivity contribution in [3.8, 4) is 0 Å². The highest BCUT2D eigenvalue weighted by molar-refractivity contribution is 6.11. The summed E-state index contributed by atoms with van der Waals surface area (Å²) in [5.74, 6) is -0.0318. The van der Waals surface area contributed by atoms with Crippen LogP contribution in [0.25, 0.3) is 11.2 Å². The van der Waals surface area contributed by atoms with E-state index in [0.29, 0.717) is 22.5 Å². The molecule has 1 aliphatic heterocycles. The van der Waals surface area contributed by atoms with Gasteiger partial charge >= 0.3 is 0 Å². The molecule has 7 nitrogen and oxygen atoms in total. The maximum absolute atomic E-state index is 14.2. The number of anilines is 1. The molecule has 33 heavy (non-hydrogen) atoms. The van der Waals surface area contributed by atoms with E-state index in [9.17, 15) is 13.6 Å². The molecule has 0 radical (unpaired) electrons. The lowest BCUT2D eigenvalue weighted by atomic mass is 10.1. The Balaban J connectivity index is 1.50. The SMILES string of the molecule is Cc1cc(C(=O)Nc2c(C)cnn2Cc2cc(F)ccc2F)c2nc3n(c2n1)CCCCC3. The summed E-state index contributed by atoms with van der Waals surface area (Å²) in [6.45, 7) is 4.48. The zero-order valence-corrected chi connectivity index (χ0v) is 18.5. The molecule has 1 aliphatic rings. The highest BCUT2D eigenvalue weighted by Gasteiger charge is 2.22. The Kier molecular flexibility index (Phi) is 5.39. The van der Waals surface area contributed by atoms with E-state index in [1.54, 1.807) is 19.2 Å². The second-order valence-electron chi connectivity index (χ2n) is 8.50. The molecule has 5 rings (SSSR count). The van der Waals surface area contributed by atoms with E-state index in [1.165, 1.54) is 4.68 Å². The summed E-state index contributed by atoms with van der Waals surface area (Å²) in [6.07, 6.45) is 5.73. The van der Waals surface area contributed by atoms with E-state index in [4.69, 9.17) is 4.98 Å². The van der Waals surface area contributed by atoms with Gasteiger partial charge in [-0.1, -0.05) is 6.42 Å². The zero-order valence-electron chi connectivity index (χ0n) is 18.5. The molecule has 0 atom stereocenters. The lowest BCUT2D eigenvalue weighted by molar-refractivity contribution is 0.102. The van der Waals surface area contributed by atoms with E-state index in [1.807, 2.05) is 6.92 Å². The van der Waals surface area contributed by atoms with Crippen molar-refractivity contribution < 1.29 is 13.6 Å². The van der Waals surface area contributed by atoms with Crippen LogP contribution in [-0.2, 0) is 19.5 Å². The average molecular weight is 450 g/mol. The molecule has 0 bridgehead atoms. The third kappa shape index (κ3) is 3.99. The number of benzene rings is 1. The third-order valence-corrected chi connectivity index (χ3v) is 6.02. The zero-order chi connectivity index (χ0) is 23.1. The van der Waals surface area contributed by atoms with Crippen molar-refractivity contribution in [2.45, 2.75) is 52.6 Å². The lowest BCUT2D eigenvalue weighted by Crippen LogP contribution is -2.18. The van der Waals surface area contributed by atoms with Crippen molar-refractivity contribution in [1.29, 1.82) is 0 Å². The van der Waals surface area contributed by atoms with Gasteiger partial charge in [0.2, 0.25) is 0 Å². The Morgan fingerprint density at radius 1 is 1.12 bits per heavy atom. The van der Waals surface area contributed by atoms with Gasteiger partial charge in [0, 0.05) is 29.8 Å². The number of nitrogens with one attached hydrogen (secondary N) is 1. The van der Waals surface area contributed by atoms with Crippen LogP contribution < -0.4 is 5.32 Å². The lowest BCUT2D eigenvalue weighted by Gasteiger charge is -2.12. The minimum atomic E-state index is -0.534. The molecule has 0 unspecified atom stereocenters. The third-order valence-electron chi connectivity index (χ3n) is 6.02. The molecule has 0 fully saturated rings. The predicted octanol–water partition coefficient (Wildman–Crippen LogP) is 4.55. The minimum Gasteiger partial charge on any atom is -0.313 e. The number of imidazole rings is 1. The molecular weight excluding hydrogens is 426 g/mol. The van der Waals surface area contributed by atoms with Gasteiger partial charge in [0.05, 0.1) is 18.3 Å². The molecular formula is C24H24F2N6O. The average Bonchev–Trinajstić information content (AvgIpc) is 3.19. The number of hydrogen-bond acceptors (Lipinski definition) is 4. The topological polar surface area (TPSA) is 77.6 Å². The first-order chi connectivity index (χ1) is 15.9. The Labute approximate surface area is 189 Å². The normalized spacial score (nSPS) is 13.7. The van der Waals surface area contributed by atoms with Crippen LogP contribution in [-0.4, -0.2) is 30.2 Å². The highest BCUT2D eigenvalue weighted by Crippen LogP contribution is 2.25. The molecule has 170 valence electrons. The number of pyridine rings is 1. The Morgan fingerprint density at radius 3 is 2.82 bits per heavy atom. The van der Waals surface area contributed by atoms with Crippen molar-refractivity contribution in [1.82, 2.24) is 24.3 Å². The van der Waals surface area contributed by atoms with Gasteiger partial charge in [0.25, 0.3) is 5.91 Å². The molecule has 0 spiro atoms. The number of amides is 1. The van der Waals surface area contributed by atoms with Crippen LogP contribution in [0.15, 0.2) is 30.5 Å². The summed E-state index contributed by atoms with van der Waals surface area (Å²) in [5, 5.41) is 7.16. The fourth-order valence-electron chi connectivity index (χ4n) is 4.35. The van der Waals surface area contributed by atoms with Gasteiger partial charge in [0.15, 0.2) is 5.65 Å². The first-order valence-electron chi connectivity index (χ1n) is 11.0. The molecule has 1 aromatic carbocycles. The molecule has 3 aromatic heterocycles. The van der Waals surface area contributed by atoms with Crippen LogP contribution in [0.4, 0.5) is 14.6 Å². The number of rotatable bonds is 4. The quantitative estimate of drug-likeness (QED) is 0.495. The standard InChI is InChI=1S/C24H24F2N6O/c1-14-12-27-32(13-16-11-17(25)7-8-19(16)26)22(14)30-24(33)18-10-15(2)28-23-21(18)29-20-6-4-3-5-9-31(20)23/h7-8,10-12H,3-6,9,13H2,1-2H3,(H,30,33). The first kappa shape index (κ1) is 21.2. The Hall–Kier alpha value is -3.62. The van der Waals surface area contributed by atoms with E-state index < -0.39 is 11.6 Å². The van der Waals surface area contributed by atoms with E-state index in [0.717, 1.165) is 67.6 Å². The summed E-state index contributed by atoms with van der Waals surface area (Å²) >= 11 is 0. The molecule has 0 aliphatic carbocycles. The van der Waals surface area contributed by atoms with Crippen LogP contribution in [0.5, 0.6) is 0 Å². The Bertz CT molecular complexity index is 1370. The van der Waals surface area contributed by atoms with Crippen LogP contribution in [0, 0.1) is 25.5 Å². The van der Waals surface area contributed by atoms with Crippen LogP contribution in [0.3, 0.4) is 0 Å². The van der Waals surface area contributed by atoms with Crippen molar-refractivity contribution in [3.05, 3.63) is 70.3 Å². The summed E-state index contributed by atoms with van der Waals surface area (Å²) < 4.78 is 31.4. The summed E-state index contributed by atoms with van der Waals surface area (Å²) in [5.41, 5.74) is 3.32. The van der Waals surface area contributed by atoms with E-state index in [-0.39, 0.29) is 18.0 Å². The van der Waals surface area contributed by atoms with E-state index >= 15 is 0 Å². The molecule has 4 heterocycles. The number of aromatic nitrogens is 5. The molecule has 1 amide bonds. The number of carbonyl (C=O) groups excluding carboxylic acids is 1. The van der Waals surface area contributed by atoms with Crippen molar-refractivity contribution in [3.63, 3.8) is 0 Å². The number of halogens is 2. The second-order valence-corrected chi connectivity index (χ2v) is 8.50. The number of carbonyl (C=O) groups is 1. The maximum Gasteiger partial charge on any atom is 0.259 e. The predicted molar refractivity (Wildman–Crippen MR) is 120 cm³/mol. The molecule has 1 N–H and O–H groups in total. The number of fused-ring (bicyclic) bond motifs is 3. The summed E-state index contributed by atoms with van der Waals surface area (Å²) in [6, 6.07) is 5.01. The summed E-state index contributed by atoms with van der Waals surface area (Å²) in [7, 11) is 0. The number of aryl methyl sites for hydroxylation is 4. The number of nitrogens with zero attached hydrogens (tertiary/aromatic N) is 5. The van der Waals surface area contributed by atoms with E-state index in [2.05, 4.69) is 20.0 Å². The van der Waals surface area contributed by atoms with Gasteiger partial charge in [-0.2, -0.15) is 5.10 Å². The Morgan fingerprint density at radius 2 is 1.97 bits per heavy atom. The largest absolute Gasteiger partial charge is 0.313 e. The first-order valence-corrected chi connectivity index (χ1v) is 11.0. The van der Waals surface area contributed by atoms with Crippen molar-refractivity contribution in [2.75, 3.05) is 5.32 Å². The van der Waals surface area contributed by atoms with Gasteiger partial charge in [-0.25, -0.2) is 23.4 Å². The molecule has 9 heteroatoms. The fraction of sp³-hybridized carbons (Fsp3) is 0.333. The molecule has 0 saturated heterocycles. The van der Waals surface area contributed by atoms with Gasteiger partial charge < -0.3 is 9.88 Å². The van der Waals surface area contributed by atoms with Gasteiger partial charge in [-0.3, -0.25) is 4.79 Å². The van der Waals surface area contributed by atoms with Gasteiger partial charge in [-0.05, 0) is 51.0 Å². The summed E-state index contributed by atoms with van der Waals surface area (Å²) in [4.78, 5) is 22.8. The van der Waals surface area contributed by atoms with Crippen LogP contribution in [0.2, 0.25) is 0 Å². The molecule has 0 saturated carbocycles. The van der Waals surface area contributed by atoms with Crippen molar-refractivity contribution in [2.24, 2.45) is 0 Å². The van der Waals surface area contributed by atoms with Crippen LogP contribution >= 0.6 is 0 Å². The van der Waals surface area contributed by atoms with Crippen molar-refractivity contribution >= 4 is 22.9 Å². The monoisotopic (exact) mass is 450 g/mol. The van der Waals surface area contributed by atoms with Gasteiger partial charge in [0.1, 0.15) is 28.8 Å². The number of hydrogen-bond donors (Lipinski definition) is 1. The van der Waals surface area contributed by atoms with Gasteiger partial charge in [-0.15, -0.1) is 0 Å². The minimum absolute atomic E-state index is 0.0173. The highest BCUT2D eigenvalue weighted by atomic mass is 19.1. The maximum atomic E-state index is 14.2. The second kappa shape index (κ2) is 8.38. The smallest absolute Gasteiger partial charge is 0.259 e. The molecule has 4 aromatic rings. The fourth-order valence-corrected chi connectivity index (χ4v) is 4.35.